The predicted octanol–water partition coefficient (Wildman–Crippen LogP) is 3.30. The predicted molar refractivity (Wildman–Crippen MR) is 84.2 cm³/mol. The zero-order valence-electron chi connectivity index (χ0n) is 12.5. The van der Waals surface area contributed by atoms with Crippen molar-refractivity contribution in [2.75, 3.05) is 26.1 Å². The minimum Gasteiger partial charge on any atom is -0.497 e. The second-order valence-electron chi connectivity index (χ2n) is 4.56. The third-order valence-corrected chi connectivity index (χ3v) is 3.17. The lowest BCUT2D eigenvalue weighted by Gasteiger charge is -2.12. The van der Waals surface area contributed by atoms with Crippen molar-refractivity contribution in [3.05, 3.63) is 48.0 Å². The van der Waals surface area contributed by atoms with E-state index in [1.807, 2.05) is 24.3 Å². The van der Waals surface area contributed by atoms with Crippen LogP contribution in [-0.4, -0.2) is 20.3 Å². The molecule has 0 heterocycles. The molecule has 21 heavy (non-hydrogen) atoms. The van der Waals surface area contributed by atoms with Crippen LogP contribution in [-0.2, 0) is 6.42 Å². The van der Waals surface area contributed by atoms with Crippen LogP contribution in [0.4, 0.5) is 5.69 Å². The molecular weight excluding hydrogens is 266 g/mol. The van der Waals surface area contributed by atoms with Gasteiger partial charge in [0.15, 0.2) is 0 Å². The largest absolute Gasteiger partial charge is 0.497 e. The topological polar surface area (TPSA) is 53.7 Å². The highest BCUT2D eigenvalue weighted by Crippen LogP contribution is 2.26. The summed E-state index contributed by atoms with van der Waals surface area (Å²) >= 11 is 0. The lowest BCUT2D eigenvalue weighted by Crippen LogP contribution is -2.10. The Kier molecular flexibility index (Phi) is 5.32. The fraction of sp³-hybridized carbons (Fsp3) is 0.294. The fourth-order valence-corrected chi connectivity index (χ4v) is 2.02. The van der Waals surface area contributed by atoms with Crippen LogP contribution in [0.5, 0.6) is 17.2 Å². The van der Waals surface area contributed by atoms with Crippen LogP contribution in [0.2, 0.25) is 0 Å². The third kappa shape index (κ3) is 4.05. The summed E-state index contributed by atoms with van der Waals surface area (Å²) in [6.07, 6.45) is 0.947. The molecule has 0 bridgehead atoms. The summed E-state index contributed by atoms with van der Waals surface area (Å²) < 4.78 is 16.5. The fourth-order valence-electron chi connectivity index (χ4n) is 2.02. The first-order valence-corrected chi connectivity index (χ1v) is 7.01. The molecule has 0 radical (unpaired) electrons. The van der Waals surface area contributed by atoms with Crippen molar-refractivity contribution in [1.29, 1.82) is 0 Å². The molecule has 112 valence electrons. The smallest absolute Gasteiger partial charge is 0.142 e. The Hall–Kier alpha value is -2.36. The van der Waals surface area contributed by atoms with Crippen LogP contribution in [0, 0.1) is 0 Å². The first-order chi connectivity index (χ1) is 10.2. The van der Waals surface area contributed by atoms with Crippen LogP contribution in [0.1, 0.15) is 12.5 Å². The lowest BCUT2D eigenvalue weighted by molar-refractivity contribution is 0.216. The third-order valence-electron chi connectivity index (χ3n) is 3.17. The summed E-state index contributed by atoms with van der Waals surface area (Å²) in [6.45, 7) is 3.02. The van der Waals surface area contributed by atoms with E-state index in [0.29, 0.717) is 30.4 Å². The number of para-hydroxylation sites is 1. The van der Waals surface area contributed by atoms with Gasteiger partial charge in [-0.15, -0.1) is 0 Å². The van der Waals surface area contributed by atoms with Gasteiger partial charge in [0.05, 0.1) is 12.8 Å². The van der Waals surface area contributed by atoms with Crippen molar-refractivity contribution in [3.63, 3.8) is 0 Å². The van der Waals surface area contributed by atoms with E-state index >= 15 is 0 Å². The number of nitrogen functional groups attached to an aromatic ring is 1. The number of ether oxygens (including phenoxy) is 3. The Balaban J connectivity index is 1.85. The molecule has 0 amide bonds. The highest BCUT2D eigenvalue weighted by Gasteiger charge is 2.04. The number of benzene rings is 2. The molecule has 2 aromatic carbocycles. The quantitative estimate of drug-likeness (QED) is 0.627. The van der Waals surface area contributed by atoms with E-state index in [1.54, 1.807) is 19.2 Å². The zero-order chi connectivity index (χ0) is 15.1. The first kappa shape index (κ1) is 15.0. The van der Waals surface area contributed by atoms with E-state index in [1.165, 1.54) is 5.56 Å². The summed E-state index contributed by atoms with van der Waals surface area (Å²) in [5, 5.41) is 0. The van der Waals surface area contributed by atoms with Gasteiger partial charge in [0.2, 0.25) is 0 Å². The highest BCUT2D eigenvalue weighted by molar-refractivity contribution is 5.56. The number of hydrogen-bond acceptors (Lipinski definition) is 4. The van der Waals surface area contributed by atoms with Gasteiger partial charge in [0.1, 0.15) is 30.5 Å². The molecule has 0 unspecified atom stereocenters. The number of anilines is 1. The molecule has 0 atom stereocenters. The number of aryl methyl sites for hydroxylation is 1. The Morgan fingerprint density at radius 3 is 2.33 bits per heavy atom. The number of hydrogen-bond donors (Lipinski definition) is 1. The summed E-state index contributed by atoms with van der Waals surface area (Å²) in [6, 6.07) is 13.4. The Bertz CT molecular complexity index is 584. The monoisotopic (exact) mass is 287 g/mol. The van der Waals surface area contributed by atoms with Crippen molar-refractivity contribution in [2.45, 2.75) is 13.3 Å². The van der Waals surface area contributed by atoms with Crippen LogP contribution in [0.25, 0.3) is 0 Å². The standard InChI is InChI=1S/C17H21NO3/c1-3-13-6-4-5-7-16(13)20-10-11-21-17-9-8-14(19-2)12-15(17)18/h4-9,12H,3,10-11,18H2,1-2H3. The van der Waals surface area contributed by atoms with Crippen molar-refractivity contribution in [1.82, 2.24) is 0 Å². The summed E-state index contributed by atoms with van der Waals surface area (Å²) in [4.78, 5) is 0. The molecule has 0 saturated carbocycles. The Morgan fingerprint density at radius 2 is 1.67 bits per heavy atom. The van der Waals surface area contributed by atoms with E-state index < -0.39 is 0 Å². The molecule has 0 aliphatic heterocycles. The van der Waals surface area contributed by atoms with Gasteiger partial charge in [-0.1, -0.05) is 25.1 Å². The van der Waals surface area contributed by atoms with Gasteiger partial charge in [-0.05, 0) is 30.2 Å². The molecular formula is C17H21NO3. The van der Waals surface area contributed by atoms with Crippen LogP contribution in [0.15, 0.2) is 42.5 Å². The van der Waals surface area contributed by atoms with E-state index in [-0.39, 0.29) is 0 Å². The van der Waals surface area contributed by atoms with Gasteiger partial charge in [-0.25, -0.2) is 0 Å². The van der Waals surface area contributed by atoms with Crippen molar-refractivity contribution >= 4 is 5.69 Å². The molecule has 4 heteroatoms. The van der Waals surface area contributed by atoms with E-state index in [0.717, 1.165) is 12.2 Å². The molecule has 0 fully saturated rings. The average Bonchev–Trinajstić information content (AvgIpc) is 2.53. The summed E-state index contributed by atoms with van der Waals surface area (Å²) in [7, 11) is 1.61. The molecule has 0 aromatic heterocycles. The van der Waals surface area contributed by atoms with Gasteiger partial charge in [-0.3, -0.25) is 0 Å². The normalized spacial score (nSPS) is 10.2. The van der Waals surface area contributed by atoms with E-state index in [4.69, 9.17) is 19.9 Å². The molecule has 0 aliphatic rings. The van der Waals surface area contributed by atoms with Gasteiger partial charge in [-0.2, -0.15) is 0 Å². The Labute approximate surface area is 125 Å². The molecule has 2 rings (SSSR count). The second kappa shape index (κ2) is 7.43. The average molecular weight is 287 g/mol. The maximum atomic E-state index is 5.89. The second-order valence-corrected chi connectivity index (χ2v) is 4.56. The lowest BCUT2D eigenvalue weighted by atomic mass is 10.1. The number of nitrogens with two attached hydrogens (primary N) is 1. The molecule has 0 saturated heterocycles. The van der Waals surface area contributed by atoms with E-state index in [2.05, 4.69) is 13.0 Å². The molecule has 4 nitrogen and oxygen atoms in total. The molecule has 2 N–H and O–H groups in total. The van der Waals surface area contributed by atoms with Crippen molar-refractivity contribution in [3.8, 4) is 17.2 Å². The molecule has 0 aliphatic carbocycles. The van der Waals surface area contributed by atoms with Crippen LogP contribution in [0.3, 0.4) is 0 Å². The van der Waals surface area contributed by atoms with Crippen molar-refractivity contribution < 1.29 is 14.2 Å². The maximum absolute atomic E-state index is 5.89. The van der Waals surface area contributed by atoms with Crippen molar-refractivity contribution in [2.24, 2.45) is 0 Å². The maximum Gasteiger partial charge on any atom is 0.142 e. The molecule has 2 aromatic rings. The van der Waals surface area contributed by atoms with Gasteiger partial charge in [0.25, 0.3) is 0 Å². The minimum atomic E-state index is 0.439. The van der Waals surface area contributed by atoms with Crippen LogP contribution >= 0.6 is 0 Å². The first-order valence-electron chi connectivity index (χ1n) is 7.01. The number of rotatable bonds is 7. The van der Waals surface area contributed by atoms with Gasteiger partial charge < -0.3 is 19.9 Å². The van der Waals surface area contributed by atoms with E-state index in [9.17, 15) is 0 Å². The summed E-state index contributed by atoms with van der Waals surface area (Å²) in [5.41, 5.74) is 7.64. The SMILES string of the molecule is CCc1ccccc1OCCOc1ccc(OC)cc1N. The Morgan fingerprint density at radius 1 is 0.952 bits per heavy atom. The summed E-state index contributed by atoms with van der Waals surface area (Å²) in [5.74, 6) is 2.27. The minimum absolute atomic E-state index is 0.439. The number of methoxy groups -OCH3 is 1. The zero-order valence-corrected chi connectivity index (χ0v) is 12.5. The highest BCUT2D eigenvalue weighted by atomic mass is 16.5. The van der Waals surface area contributed by atoms with Gasteiger partial charge >= 0.3 is 0 Å². The van der Waals surface area contributed by atoms with Crippen LogP contribution < -0.4 is 19.9 Å². The molecule has 0 spiro atoms. The van der Waals surface area contributed by atoms with Gasteiger partial charge in [0, 0.05) is 6.07 Å².